The Morgan fingerprint density at radius 1 is 1.20 bits per heavy atom. The molecule has 0 aliphatic carbocycles. The van der Waals surface area contributed by atoms with Crippen molar-refractivity contribution in [2.45, 2.75) is 39.0 Å². The highest BCUT2D eigenvalue weighted by molar-refractivity contribution is 5.78. The predicted octanol–water partition coefficient (Wildman–Crippen LogP) is 2.93. The van der Waals surface area contributed by atoms with E-state index in [0.29, 0.717) is 24.4 Å². The first-order valence-corrected chi connectivity index (χ1v) is 6.96. The van der Waals surface area contributed by atoms with Crippen LogP contribution >= 0.6 is 0 Å². The zero-order chi connectivity index (χ0) is 14.8. The molecule has 0 atom stereocenters. The summed E-state index contributed by atoms with van der Waals surface area (Å²) in [6, 6.07) is 7.58. The molecule has 0 heterocycles. The monoisotopic (exact) mass is 278 g/mol. The van der Waals surface area contributed by atoms with Crippen molar-refractivity contribution in [2.75, 3.05) is 13.7 Å². The van der Waals surface area contributed by atoms with Gasteiger partial charge in [-0.25, -0.2) is 4.79 Å². The molecule has 0 unspecified atom stereocenters. The summed E-state index contributed by atoms with van der Waals surface area (Å²) >= 11 is 0. The predicted molar refractivity (Wildman–Crippen MR) is 76.8 cm³/mol. The Kier molecular flexibility index (Phi) is 7.40. The summed E-state index contributed by atoms with van der Waals surface area (Å²) in [5.74, 6) is 0.568. The first kappa shape index (κ1) is 16.2. The summed E-state index contributed by atoms with van der Waals surface area (Å²) in [5, 5.41) is 0. The second-order valence-corrected chi connectivity index (χ2v) is 4.65. The lowest BCUT2D eigenvalue weighted by Crippen LogP contribution is -2.12. The Bertz CT molecular complexity index is 440. The van der Waals surface area contributed by atoms with E-state index in [9.17, 15) is 9.59 Å². The zero-order valence-electron chi connectivity index (χ0n) is 12.2. The highest BCUT2D eigenvalue weighted by Crippen LogP contribution is 2.15. The van der Waals surface area contributed by atoms with Crippen molar-refractivity contribution in [3.8, 4) is 5.75 Å². The third kappa shape index (κ3) is 6.36. The van der Waals surface area contributed by atoms with Crippen molar-refractivity contribution in [3.05, 3.63) is 29.8 Å². The minimum atomic E-state index is -0.402. The molecule has 0 bridgehead atoms. The zero-order valence-corrected chi connectivity index (χ0v) is 12.2. The van der Waals surface area contributed by atoms with Gasteiger partial charge in [-0.2, -0.15) is 0 Å². The minimum Gasteiger partial charge on any atom is -0.482 e. The second-order valence-electron chi connectivity index (χ2n) is 4.65. The van der Waals surface area contributed by atoms with Gasteiger partial charge in [0.1, 0.15) is 11.5 Å². The van der Waals surface area contributed by atoms with E-state index in [-0.39, 0.29) is 6.61 Å². The lowest BCUT2D eigenvalue weighted by atomic mass is 10.0. The molecule has 1 rings (SSSR count). The van der Waals surface area contributed by atoms with Gasteiger partial charge in [0.15, 0.2) is 6.61 Å². The van der Waals surface area contributed by atoms with Gasteiger partial charge in [-0.15, -0.1) is 0 Å². The summed E-state index contributed by atoms with van der Waals surface area (Å²) in [6.07, 6.45) is 3.89. The van der Waals surface area contributed by atoms with E-state index in [0.717, 1.165) is 24.8 Å². The minimum absolute atomic E-state index is 0.0884. The number of rotatable bonds is 9. The quantitative estimate of drug-likeness (QED) is 0.652. The standard InChI is InChI=1S/C16H22O4/c1-3-6-14(17)9-4-7-13-8-5-10-15(11-13)20-12-16(18)19-2/h5,8,10-11H,3-4,6-7,9,12H2,1-2H3. The van der Waals surface area contributed by atoms with Crippen LogP contribution in [-0.4, -0.2) is 25.5 Å². The largest absolute Gasteiger partial charge is 0.482 e. The van der Waals surface area contributed by atoms with E-state index in [1.807, 2.05) is 25.1 Å². The van der Waals surface area contributed by atoms with Crippen molar-refractivity contribution in [2.24, 2.45) is 0 Å². The summed E-state index contributed by atoms with van der Waals surface area (Å²) in [6.45, 7) is 1.93. The van der Waals surface area contributed by atoms with Gasteiger partial charge in [0, 0.05) is 12.8 Å². The van der Waals surface area contributed by atoms with E-state index in [4.69, 9.17) is 4.74 Å². The number of carbonyl (C=O) groups is 2. The van der Waals surface area contributed by atoms with Gasteiger partial charge in [-0.3, -0.25) is 4.79 Å². The second kappa shape index (κ2) is 9.13. The first-order valence-electron chi connectivity index (χ1n) is 6.96. The maximum absolute atomic E-state index is 11.4. The maximum atomic E-state index is 11.4. The van der Waals surface area contributed by atoms with Crippen LogP contribution in [0.5, 0.6) is 5.75 Å². The van der Waals surface area contributed by atoms with E-state index >= 15 is 0 Å². The van der Waals surface area contributed by atoms with Gasteiger partial charge in [0.2, 0.25) is 0 Å². The van der Waals surface area contributed by atoms with Crippen LogP contribution in [0.25, 0.3) is 0 Å². The van der Waals surface area contributed by atoms with Crippen LogP contribution in [-0.2, 0) is 20.7 Å². The fourth-order valence-electron chi connectivity index (χ4n) is 1.89. The number of Topliss-reactive ketones (excluding diaryl/α,β-unsaturated/α-hetero) is 1. The lowest BCUT2D eigenvalue weighted by molar-refractivity contribution is -0.142. The molecule has 0 N–H and O–H groups in total. The average molecular weight is 278 g/mol. The number of hydrogen-bond donors (Lipinski definition) is 0. The molecule has 110 valence electrons. The summed E-state index contributed by atoms with van der Waals surface area (Å²) in [5.41, 5.74) is 1.11. The normalized spacial score (nSPS) is 10.1. The summed E-state index contributed by atoms with van der Waals surface area (Å²) in [7, 11) is 1.33. The summed E-state index contributed by atoms with van der Waals surface area (Å²) in [4.78, 5) is 22.4. The SMILES string of the molecule is CCCC(=O)CCCc1cccc(OCC(=O)OC)c1. The van der Waals surface area contributed by atoms with Crippen molar-refractivity contribution < 1.29 is 19.1 Å². The molecule has 0 fully saturated rings. The van der Waals surface area contributed by atoms with Gasteiger partial charge >= 0.3 is 5.97 Å². The van der Waals surface area contributed by atoms with Crippen LogP contribution < -0.4 is 4.74 Å². The fourth-order valence-corrected chi connectivity index (χ4v) is 1.89. The van der Waals surface area contributed by atoms with Crippen molar-refractivity contribution in [1.82, 2.24) is 0 Å². The molecule has 0 saturated heterocycles. The number of ether oxygens (including phenoxy) is 2. The first-order chi connectivity index (χ1) is 9.65. The van der Waals surface area contributed by atoms with E-state index < -0.39 is 5.97 Å². The molecule has 4 heteroatoms. The average Bonchev–Trinajstić information content (AvgIpc) is 2.45. The molecular weight excluding hydrogens is 256 g/mol. The Morgan fingerprint density at radius 3 is 2.70 bits per heavy atom. The molecule has 0 aromatic heterocycles. The lowest BCUT2D eigenvalue weighted by Gasteiger charge is -2.07. The van der Waals surface area contributed by atoms with E-state index in [1.54, 1.807) is 6.07 Å². The molecule has 0 spiro atoms. The number of benzene rings is 1. The maximum Gasteiger partial charge on any atom is 0.343 e. The number of ketones is 1. The van der Waals surface area contributed by atoms with Crippen LogP contribution in [0.1, 0.15) is 38.2 Å². The fraction of sp³-hybridized carbons (Fsp3) is 0.500. The Hall–Kier alpha value is -1.84. The molecule has 1 aromatic rings. The van der Waals surface area contributed by atoms with Crippen molar-refractivity contribution in [1.29, 1.82) is 0 Å². The van der Waals surface area contributed by atoms with Gasteiger partial charge in [0.25, 0.3) is 0 Å². The van der Waals surface area contributed by atoms with Gasteiger partial charge in [-0.05, 0) is 37.0 Å². The molecule has 0 aliphatic rings. The van der Waals surface area contributed by atoms with Crippen LogP contribution in [0.2, 0.25) is 0 Å². The number of aryl methyl sites for hydroxylation is 1. The molecule has 0 radical (unpaired) electrons. The molecule has 4 nitrogen and oxygen atoms in total. The van der Waals surface area contributed by atoms with Gasteiger partial charge in [-0.1, -0.05) is 19.1 Å². The van der Waals surface area contributed by atoms with Crippen molar-refractivity contribution in [3.63, 3.8) is 0 Å². The molecule has 0 saturated carbocycles. The third-order valence-electron chi connectivity index (χ3n) is 2.93. The molecule has 1 aromatic carbocycles. The van der Waals surface area contributed by atoms with Crippen LogP contribution in [0.3, 0.4) is 0 Å². The smallest absolute Gasteiger partial charge is 0.343 e. The number of hydrogen-bond acceptors (Lipinski definition) is 4. The molecule has 20 heavy (non-hydrogen) atoms. The summed E-state index contributed by atoms with van der Waals surface area (Å²) < 4.78 is 9.84. The van der Waals surface area contributed by atoms with Crippen LogP contribution in [0.15, 0.2) is 24.3 Å². The van der Waals surface area contributed by atoms with Gasteiger partial charge < -0.3 is 9.47 Å². The highest BCUT2D eigenvalue weighted by atomic mass is 16.6. The molecule has 0 aliphatic heterocycles. The molecule has 0 amide bonds. The Balaban J connectivity index is 2.39. The Labute approximate surface area is 120 Å². The van der Waals surface area contributed by atoms with Crippen LogP contribution in [0.4, 0.5) is 0 Å². The van der Waals surface area contributed by atoms with Crippen molar-refractivity contribution >= 4 is 11.8 Å². The topological polar surface area (TPSA) is 52.6 Å². The van der Waals surface area contributed by atoms with Crippen LogP contribution in [0, 0.1) is 0 Å². The van der Waals surface area contributed by atoms with E-state index in [1.165, 1.54) is 7.11 Å². The Morgan fingerprint density at radius 2 is 2.00 bits per heavy atom. The molecular formula is C16H22O4. The number of esters is 1. The number of carbonyl (C=O) groups excluding carboxylic acids is 2. The van der Waals surface area contributed by atoms with E-state index in [2.05, 4.69) is 4.74 Å². The van der Waals surface area contributed by atoms with Gasteiger partial charge in [0.05, 0.1) is 7.11 Å². The highest BCUT2D eigenvalue weighted by Gasteiger charge is 2.04. The third-order valence-corrected chi connectivity index (χ3v) is 2.93. The number of methoxy groups -OCH3 is 1.